The Morgan fingerprint density at radius 1 is 1.33 bits per heavy atom. The molecule has 1 aromatic carbocycles. The van der Waals surface area contributed by atoms with Crippen LogP contribution in [0.3, 0.4) is 0 Å². The van der Waals surface area contributed by atoms with Crippen molar-refractivity contribution in [2.75, 3.05) is 23.0 Å². The number of amides is 2. The highest BCUT2D eigenvalue weighted by atomic mass is 16.6. The molecule has 1 atom stereocenters. The minimum absolute atomic E-state index is 0.0525. The number of fused-ring (bicyclic) bond motifs is 1. The molecular formula is C17H20N4O3. The van der Waals surface area contributed by atoms with E-state index in [1.807, 2.05) is 25.1 Å². The van der Waals surface area contributed by atoms with E-state index in [0.717, 1.165) is 11.1 Å². The molecule has 0 bridgehead atoms. The number of hydrogen-bond acceptors (Lipinski definition) is 4. The number of nitrogens with one attached hydrogen (secondary N) is 1. The van der Waals surface area contributed by atoms with Gasteiger partial charge in [0.25, 0.3) is 0 Å². The van der Waals surface area contributed by atoms with Crippen LogP contribution in [-0.4, -0.2) is 41.4 Å². The summed E-state index contributed by atoms with van der Waals surface area (Å²) in [6.07, 6.45) is 3.09. The van der Waals surface area contributed by atoms with Crippen LogP contribution in [0.1, 0.15) is 20.8 Å². The molecule has 1 aromatic heterocycles. The second kappa shape index (κ2) is 6.35. The molecular weight excluding hydrogens is 308 g/mol. The fourth-order valence-corrected chi connectivity index (χ4v) is 3.07. The summed E-state index contributed by atoms with van der Waals surface area (Å²) < 4.78 is 5.18. The molecule has 0 radical (unpaired) electrons. The van der Waals surface area contributed by atoms with Gasteiger partial charge in [0, 0.05) is 25.2 Å². The van der Waals surface area contributed by atoms with Crippen molar-refractivity contribution in [2.45, 2.75) is 26.8 Å². The number of ether oxygens (including phenoxy) is 1. The number of aromatic amines is 1. The third-order valence-electron chi connectivity index (χ3n) is 4.07. The first kappa shape index (κ1) is 16.0. The van der Waals surface area contributed by atoms with Crippen LogP contribution < -0.4 is 9.80 Å². The van der Waals surface area contributed by atoms with Crippen molar-refractivity contribution in [2.24, 2.45) is 0 Å². The van der Waals surface area contributed by atoms with Gasteiger partial charge in [-0.25, -0.2) is 4.79 Å². The summed E-state index contributed by atoms with van der Waals surface area (Å²) in [5.41, 5.74) is 3.20. The smallest absolute Gasteiger partial charge is 0.414 e. The van der Waals surface area contributed by atoms with Gasteiger partial charge >= 0.3 is 6.09 Å². The lowest BCUT2D eigenvalue weighted by molar-refractivity contribution is -0.117. The zero-order chi connectivity index (χ0) is 17.3. The Bertz CT molecular complexity index is 757. The molecule has 126 valence electrons. The molecule has 1 aliphatic rings. The zero-order valence-electron chi connectivity index (χ0n) is 13.9. The van der Waals surface area contributed by atoms with E-state index >= 15 is 0 Å². The first-order chi connectivity index (χ1) is 11.5. The maximum Gasteiger partial charge on any atom is 0.414 e. The van der Waals surface area contributed by atoms with Crippen LogP contribution in [0.15, 0.2) is 30.6 Å². The van der Waals surface area contributed by atoms with Crippen molar-refractivity contribution >= 4 is 23.4 Å². The highest BCUT2D eigenvalue weighted by Crippen LogP contribution is 2.38. The summed E-state index contributed by atoms with van der Waals surface area (Å²) in [7, 11) is 0. The van der Waals surface area contributed by atoms with Crippen LogP contribution in [-0.2, 0) is 9.53 Å². The molecule has 1 unspecified atom stereocenters. The number of rotatable bonds is 2. The summed E-state index contributed by atoms with van der Waals surface area (Å²) in [4.78, 5) is 27.7. The predicted molar refractivity (Wildman–Crippen MR) is 91.0 cm³/mol. The second-order valence-electron chi connectivity index (χ2n) is 5.74. The number of carbonyl (C=O) groups excluding carboxylic acids is 2. The fraction of sp³-hybridized carbons (Fsp3) is 0.353. The molecule has 0 saturated carbocycles. The minimum atomic E-state index is -0.404. The van der Waals surface area contributed by atoms with Gasteiger partial charge < -0.3 is 9.64 Å². The second-order valence-corrected chi connectivity index (χ2v) is 5.74. The van der Waals surface area contributed by atoms with Gasteiger partial charge in [-0.2, -0.15) is 5.10 Å². The van der Waals surface area contributed by atoms with Crippen molar-refractivity contribution in [3.05, 3.63) is 30.6 Å². The average molecular weight is 328 g/mol. The molecule has 7 nitrogen and oxygen atoms in total. The van der Waals surface area contributed by atoms with Crippen molar-refractivity contribution < 1.29 is 14.3 Å². The Labute approximate surface area is 140 Å². The van der Waals surface area contributed by atoms with Crippen LogP contribution in [0.25, 0.3) is 11.1 Å². The third kappa shape index (κ3) is 2.73. The molecule has 1 aliphatic heterocycles. The molecule has 0 spiro atoms. The summed E-state index contributed by atoms with van der Waals surface area (Å²) in [5.74, 6) is -0.0525. The molecule has 1 N–H and O–H groups in total. The first-order valence-corrected chi connectivity index (χ1v) is 7.90. The van der Waals surface area contributed by atoms with E-state index in [1.54, 1.807) is 29.1 Å². The van der Waals surface area contributed by atoms with Crippen LogP contribution in [0, 0.1) is 0 Å². The van der Waals surface area contributed by atoms with Gasteiger partial charge in [-0.15, -0.1) is 0 Å². The number of aromatic nitrogens is 2. The van der Waals surface area contributed by atoms with Gasteiger partial charge in [0.2, 0.25) is 5.91 Å². The van der Waals surface area contributed by atoms with E-state index in [0.29, 0.717) is 24.5 Å². The van der Waals surface area contributed by atoms with E-state index in [9.17, 15) is 9.59 Å². The number of H-pyrrole nitrogens is 1. The van der Waals surface area contributed by atoms with Crippen molar-refractivity contribution in [3.63, 3.8) is 0 Å². The number of nitrogens with zero attached hydrogens (tertiary/aromatic N) is 3. The first-order valence-electron chi connectivity index (χ1n) is 7.90. The SMILES string of the molecule is CCOC(=O)N1CC(C)N(C(C)=O)c2ccc(-c3cn[nH]c3)cc21. The van der Waals surface area contributed by atoms with E-state index in [4.69, 9.17) is 4.74 Å². The van der Waals surface area contributed by atoms with Gasteiger partial charge in [-0.3, -0.25) is 14.8 Å². The summed E-state index contributed by atoms with van der Waals surface area (Å²) in [5, 5.41) is 6.73. The molecule has 7 heteroatoms. The van der Waals surface area contributed by atoms with E-state index in [-0.39, 0.29) is 11.9 Å². The zero-order valence-corrected chi connectivity index (χ0v) is 13.9. The summed E-state index contributed by atoms with van der Waals surface area (Å²) in [6.45, 7) is 5.91. The van der Waals surface area contributed by atoms with Gasteiger partial charge in [-0.1, -0.05) is 6.07 Å². The Morgan fingerprint density at radius 2 is 2.12 bits per heavy atom. The van der Waals surface area contributed by atoms with Gasteiger partial charge in [0.05, 0.1) is 30.2 Å². The van der Waals surface area contributed by atoms with Crippen molar-refractivity contribution in [3.8, 4) is 11.1 Å². The Kier molecular flexibility index (Phi) is 4.24. The molecule has 2 heterocycles. The number of carbonyl (C=O) groups is 2. The molecule has 2 aromatic rings. The molecule has 2 amide bonds. The van der Waals surface area contributed by atoms with Gasteiger partial charge in [0.1, 0.15) is 0 Å². The van der Waals surface area contributed by atoms with Crippen molar-refractivity contribution in [1.29, 1.82) is 0 Å². The third-order valence-corrected chi connectivity index (χ3v) is 4.07. The van der Waals surface area contributed by atoms with Gasteiger partial charge in [0.15, 0.2) is 0 Å². The van der Waals surface area contributed by atoms with Crippen LogP contribution in [0.4, 0.5) is 16.2 Å². The quantitative estimate of drug-likeness (QED) is 0.919. The van der Waals surface area contributed by atoms with Gasteiger partial charge in [-0.05, 0) is 31.5 Å². The lowest BCUT2D eigenvalue weighted by Gasteiger charge is -2.40. The number of hydrogen-bond donors (Lipinski definition) is 1. The maximum atomic E-state index is 12.4. The summed E-state index contributed by atoms with van der Waals surface area (Å²) >= 11 is 0. The molecule has 24 heavy (non-hydrogen) atoms. The van der Waals surface area contributed by atoms with Crippen LogP contribution >= 0.6 is 0 Å². The molecule has 3 rings (SSSR count). The lowest BCUT2D eigenvalue weighted by atomic mass is 10.0. The lowest BCUT2D eigenvalue weighted by Crippen LogP contribution is -2.51. The van der Waals surface area contributed by atoms with Crippen molar-refractivity contribution in [1.82, 2.24) is 10.2 Å². The fourth-order valence-electron chi connectivity index (χ4n) is 3.07. The monoisotopic (exact) mass is 328 g/mol. The normalized spacial score (nSPS) is 16.7. The van der Waals surface area contributed by atoms with E-state index in [1.165, 1.54) is 6.92 Å². The van der Waals surface area contributed by atoms with Crippen LogP contribution in [0.2, 0.25) is 0 Å². The minimum Gasteiger partial charge on any atom is -0.449 e. The van der Waals surface area contributed by atoms with E-state index < -0.39 is 6.09 Å². The maximum absolute atomic E-state index is 12.4. The Balaban J connectivity index is 2.11. The Morgan fingerprint density at radius 3 is 2.75 bits per heavy atom. The molecule has 0 fully saturated rings. The topological polar surface area (TPSA) is 78.5 Å². The summed E-state index contributed by atoms with van der Waals surface area (Å²) in [6, 6.07) is 5.54. The molecule has 0 aliphatic carbocycles. The average Bonchev–Trinajstić information content (AvgIpc) is 3.08. The highest BCUT2D eigenvalue weighted by molar-refractivity contribution is 6.03. The predicted octanol–water partition coefficient (Wildman–Crippen LogP) is 2.79. The Hall–Kier alpha value is -2.83. The van der Waals surface area contributed by atoms with Crippen LogP contribution in [0.5, 0.6) is 0 Å². The number of anilines is 2. The highest BCUT2D eigenvalue weighted by Gasteiger charge is 2.34. The standard InChI is InChI=1S/C17H20N4O3/c1-4-24-17(23)20-10-11(2)21(12(3)22)15-6-5-13(7-16(15)20)14-8-18-19-9-14/h5-9,11H,4,10H2,1-3H3,(H,18,19). The number of benzene rings is 1. The molecule has 0 saturated heterocycles. The largest absolute Gasteiger partial charge is 0.449 e. The van der Waals surface area contributed by atoms with E-state index in [2.05, 4.69) is 10.2 Å².